The van der Waals surface area contributed by atoms with E-state index in [1.807, 2.05) is 30.0 Å². The number of anilines is 1. The largest absolute Gasteiger partial charge is 0.344 e. The van der Waals surface area contributed by atoms with E-state index in [0.29, 0.717) is 6.42 Å². The van der Waals surface area contributed by atoms with Crippen LogP contribution in [0.2, 0.25) is 0 Å². The maximum Gasteiger partial charge on any atom is 0.331 e. The Kier molecular flexibility index (Phi) is 4.88. The van der Waals surface area contributed by atoms with Gasteiger partial charge in [0.25, 0.3) is 11.8 Å². The minimum absolute atomic E-state index is 0.0151. The first-order valence-corrected chi connectivity index (χ1v) is 9.43. The summed E-state index contributed by atoms with van der Waals surface area (Å²) in [4.78, 5) is 40.5. The first-order valence-electron chi connectivity index (χ1n) is 9.43. The van der Waals surface area contributed by atoms with Crippen molar-refractivity contribution in [3.63, 3.8) is 0 Å². The highest BCUT2D eigenvalue weighted by Gasteiger charge is 2.37. The summed E-state index contributed by atoms with van der Waals surface area (Å²) in [6.07, 6.45) is 2.94. The maximum absolute atomic E-state index is 13.6. The number of amides is 4. The zero-order chi connectivity index (χ0) is 20.5. The number of nitrogens with one attached hydrogen (secondary N) is 1. The molecule has 6 nitrogen and oxygen atoms in total. The maximum atomic E-state index is 13.6. The van der Waals surface area contributed by atoms with Gasteiger partial charge in [-0.1, -0.05) is 30.3 Å². The fraction of sp³-hybridized carbons (Fsp3) is 0.227. The summed E-state index contributed by atoms with van der Waals surface area (Å²) in [6.45, 7) is 2.04. The number of halogens is 1. The Morgan fingerprint density at radius 1 is 1.14 bits per heavy atom. The van der Waals surface area contributed by atoms with Gasteiger partial charge in [-0.05, 0) is 49.1 Å². The van der Waals surface area contributed by atoms with Crippen LogP contribution >= 0.6 is 0 Å². The molecule has 148 valence electrons. The van der Waals surface area contributed by atoms with Crippen molar-refractivity contribution < 1.29 is 18.8 Å². The summed E-state index contributed by atoms with van der Waals surface area (Å²) in [6, 6.07) is 12.8. The third kappa shape index (κ3) is 3.63. The molecule has 7 heteroatoms. The van der Waals surface area contributed by atoms with E-state index in [1.165, 1.54) is 18.3 Å². The Hall–Kier alpha value is -3.48. The van der Waals surface area contributed by atoms with Crippen molar-refractivity contribution in [2.75, 3.05) is 4.90 Å². The fourth-order valence-corrected chi connectivity index (χ4v) is 3.67. The fourth-order valence-electron chi connectivity index (χ4n) is 3.67. The van der Waals surface area contributed by atoms with Crippen molar-refractivity contribution >= 4 is 23.5 Å². The van der Waals surface area contributed by atoms with Crippen LogP contribution in [-0.4, -0.2) is 28.8 Å². The number of rotatable bonds is 3. The van der Waals surface area contributed by atoms with Crippen LogP contribution in [0.3, 0.4) is 0 Å². The van der Waals surface area contributed by atoms with E-state index < -0.39 is 17.8 Å². The van der Waals surface area contributed by atoms with Crippen molar-refractivity contribution in [2.45, 2.75) is 32.4 Å². The summed E-state index contributed by atoms with van der Waals surface area (Å²) in [5, 5.41) is 2.24. The minimum atomic E-state index is -0.741. The van der Waals surface area contributed by atoms with Gasteiger partial charge in [-0.2, -0.15) is 0 Å². The van der Waals surface area contributed by atoms with Crippen molar-refractivity contribution in [3.05, 3.63) is 77.2 Å². The van der Waals surface area contributed by atoms with E-state index in [1.54, 1.807) is 18.2 Å². The molecule has 0 spiro atoms. The molecule has 2 aromatic carbocycles. The first kappa shape index (κ1) is 18.9. The quantitative estimate of drug-likeness (QED) is 0.643. The molecule has 0 aromatic heterocycles. The molecule has 2 aliphatic heterocycles. The third-order valence-electron chi connectivity index (χ3n) is 5.26. The highest BCUT2D eigenvalue weighted by Crippen LogP contribution is 2.32. The molecule has 0 radical (unpaired) electrons. The number of aryl methyl sites for hydroxylation is 1. The topological polar surface area (TPSA) is 69.7 Å². The monoisotopic (exact) mass is 393 g/mol. The van der Waals surface area contributed by atoms with E-state index in [2.05, 4.69) is 5.32 Å². The number of benzene rings is 2. The van der Waals surface area contributed by atoms with Gasteiger partial charge in [0.05, 0.1) is 6.54 Å². The lowest BCUT2D eigenvalue weighted by molar-refractivity contribution is -0.130. The van der Waals surface area contributed by atoms with Gasteiger partial charge in [0, 0.05) is 17.9 Å². The second-order valence-electron chi connectivity index (χ2n) is 7.25. The second kappa shape index (κ2) is 7.50. The summed E-state index contributed by atoms with van der Waals surface area (Å²) in [7, 11) is 0. The zero-order valence-electron chi connectivity index (χ0n) is 15.9. The highest BCUT2D eigenvalue weighted by molar-refractivity contribution is 6.28. The van der Waals surface area contributed by atoms with Gasteiger partial charge >= 0.3 is 6.03 Å². The lowest BCUT2D eigenvalue weighted by Gasteiger charge is -2.36. The van der Waals surface area contributed by atoms with Crippen LogP contribution in [0.4, 0.5) is 14.9 Å². The molecular formula is C22H20FN3O3. The van der Waals surface area contributed by atoms with Gasteiger partial charge in [-0.15, -0.1) is 0 Å². The number of nitrogens with zero attached hydrogens (tertiary/aromatic N) is 2. The normalized spacial score (nSPS) is 20.7. The molecule has 2 aliphatic rings. The van der Waals surface area contributed by atoms with Crippen LogP contribution in [0.5, 0.6) is 0 Å². The van der Waals surface area contributed by atoms with Gasteiger partial charge in [-0.25, -0.2) is 9.18 Å². The minimum Gasteiger partial charge on any atom is -0.344 e. The number of hydrogen-bond acceptors (Lipinski definition) is 4. The Bertz CT molecular complexity index is 1020. The van der Waals surface area contributed by atoms with Crippen molar-refractivity contribution in [2.24, 2.45) is 0 Å². The zero-order valence-corrected chi connectivity index (χ0v) is 15.9. The molecule has 2 aromatic rings. The highest BCUT2D eigenvalue weighted by atomic mass is 19.1. The predicted octanol–water partition coefficient (Wildman–Crippen LogP) is 3.13. The average Bonchev–Trinajstić information content (AvgIpc) is 2.70. The smallest absolute Gasteiger partial charge is 0.331 e. The standard InChI is InChI=1S/C22H20FN3O3/c1-14-7-8-16-11-17(23)9-10-19(16)25(14)13-18-20(27)24-22(29)26(21(18)28)12-15-5-3-2-4-6-15/h2-6,9-11,13-14H,7-8,12H2,1H3,(H,24,27,29)/b18-13-. The molecule has 0 saturated carbocycles. The molecule has 1 N–H and O–H groups in total. The molecule has 0 bridgehead atoms. The van der Waals surface area contributed by atoms with Gasteiger partial charge in [0.2, 0.25) is 0 Å². The van der Waals surface area contributed by atoms with Crippen molar-refractivity contribution in [1.29, 1.82) is 0 Å². The molecule has 4 rings (SSSR count). The summed E-state index contributed by atoms with van der Waals surface area (Å²) in [5.41, 5.74) is 2.23. The number of hydrogen-bond donors (Lipinski definition) is 1. The Balaban J connectivity index is 1.68. The SMILES string of the molecule is CC1CCc2cc(F)ccc2N1/C=C1/C(=O)NC(=O)N(Cc2ccccc2)C1=O. The molecule has 29 heavy (non-hydrogen) atoms. The summed E-state index contributed by atoms with van der Waals surface area (Å²) < 4.78 is 13.6. The number of urea groups is 1. The van der Waals surface area contributed by atoms with E-state index in [9.17, 15) is 18.8 Å². The molecule has 4 amide bonds. The molecule has 1 saturated heterocycles. The van der Waals surface area contributed by atoms with Crippen LogP contribution in [0.1, 0.15) is 24.5 Å². The number of imide groups is 2. The molecule has 1 fully saturated rings. The Morgan fingerprint density at radius 3 is 2.66 bits per heavy atom. The molecule has 0 aliphatic carbocycles. The van der Waals surface area contributed by atoms with E-state index in [4.69, 9.17) is 0 Å². The Labute approximate surface area is 167 Å². The number of barbiturate groups is 1. The average molecular weight is 393 g/mol. The van der Waals surface area contributed by atoms with Crippen LogP contribution < -0.4 is 10.2 Å². The number of carbonyl (C=O) groups excluding carboxylic acids is 3. The molecule has 1 atom stereocenters. The van der Waals surface area contributed by atoms with E-state index >= 15 is 0 Å². The van der Waals surface area contributed by atoms with Crippen LogP contribution in [0.15, 0.2) is 60.3 Å². The van der Waals surface area contributed by atoms with Crippen molar-refractivity contribution in [1.82, 2.24) is 10.2 Å². The lowest BCUT2D eigenvalue weighted by Crippen LogP contribution is -2.54. The molecule has 2 heterocycles. The predicted molar refractivity (Wildman–Crippen MR) is 105 cm³/mol. The molecular weight excluding hydrogens is 373 g/mol. The van der Waals surface area contributed by atoms with Gasteiger partial charge < -0.3 is 4.90 Å². The van der Waals surface area contributed by atoms with Crippen LogP contribution in [-0.2, 0) is 22.6 Å². The van der Waals surface area contributed by atoms with Gasteiger partial charge in [0.1, 0.15) is 11.4 Å². The van der Waals surface area contributed by atoms with E-state index in [0.717, 1.165) is 28.1 Å². The number of carbonyl (C=O) groups is 3. The van der Waals surface area contributed by atoms with E-state index in [-0.39, 0.29) is 24.0 Å². The van der Waals surface area contributed by atoms with Gasteiger partial charge in [0.15, 0.2) is 0 Å². The van der Waals surface area contributed by atoms with Crippen molar-refractivity contribution in [3.8, 4) is 0 Å². The Morgan fingerprint density at radius 2 is 1.90 bits per heavy atom. The number of fused-ring (bicyclic) bond motifs is 1. The molecule has 1 unspecified atom stereocenters. The van der Waals surface area contributed by atoms with Crippen LogP contribution in [0.25, 0.3) is 0 Å². The lowest BCUT2D eigenvalue weighted by atomic mass is 9.96. The van der Waals surface area contributed by atoms with Gasteiger partial charge in [-0.3, -0.25) is 19.8 Å². The third-order valence-corrected chi connectivity index (χ3v) is 5.26. The summed E-state index contributed by atoms with van der Waals surface area (Å²) >= 11 is 0. The van der Waals surface area contributed by atoms with Crippen LogP contribution in [0, 0.1) is 5.82 Å². The second-order valence-corrected chi connectivity index (χ2v) is 7.25. The summed E-state index contributed by atoms with van der Waals surface area (Å²) in [5.74, 6) is -1.70. The first-order chi connectivity index (χ1) is 13.9.